The predicted molar refractivity (Wildman–Crippen MR) is 81.7 cm³/mol. The zero-order valence-corrected chi connectivity index (χ0v) is 11.8. The number of aromatic nitrogens is 3. The van der Waals surface area contributed by atoms with Crippen LogP contribution in [0.2, 0.25) is 10.0 Å². The Morgan fingerprint density at radius 2 is 1.90 bits per heavy atom. The van der Waals surface area contributed by atoms with Crippen LogP contribution in [0.4, 0.5) is 5.82 Å². The Morgan fingerprint density at radius 3 is 2.60 bits per heavy atom. The lowest BCUT2D eigenvalue weighted by atomic mass is 10.0. The maximum Gasteiger partial charge on any atom is 0.153 e. The average molecular weight is 305 g/mol. The summed E-state index contributed by atoms with van der Waals surface area (Å²) in [6.45, 7) is 0. The highest BCUT2D eigenvalue weighted by Gasteiger charge is 2.15. The van der Waals surface area contributed by atoms with Crippen molar-refractivity contribution in [3.63, 3.8) is 0 Å². The van der Waals surface area contributed by atoms with E-state index in [1.165, 1.54) is 0 Å². The van der Waals surface area contributed by atoms with Gasteiger partial charge in [-0.1, -0.05) is 29.3 Å². The molecule has 4 nitrogen and oxygen atoms in total. The molecular weight excluding hydrogens is 295 g/mol. The Bertz CT molecular complexity index is 753. The normalized spacial score (nSPS) is 10.7. The monoisotopic (exact) mass is 304 g/mol. The molecule has 3 N–H and O–H groups in total. The molecule has 0 aliphatic heterocycles. The number of anilines is 1. The van der Waals surface area contributed by atoms with Gasteiger partial charge >= 0.3 is 0 Å². The van der Waals surface area contributed by atoms with Gasteiger partial charge in [-0.25, -0.2) is 0 Å². The van der Waals surface area contributed by atoms with E-state index in [0.717, 1.165) is 22.4 Å². The maximum absolute atomic E-state index is 6.07. The van der Waals surface area contributed by atoms with Crippen LogP contribution >= 0.6 is 23.2 Å². The van der Waals surface area contributed by atoms with Crippen LogP contribution in [0.25, 0.3) is 22.4 Å². The minimum Gasteiger partial charge on any atom is -0.382 e. The van der Waals surface area contributed by atoms with E-state index in [2.05, 4.69) is 15.2 Å². The summed E-state index contributed by atoms with van der Waals surface area (Å²) >= 11 is 12.0. The second-order valence-electron chi connectivity index (χ2n) is 4.23. The van der Waals surface area contributed by atoms with Crippen molar-refractivity contribution in [2.45, 2.75) is 0 Å². The first-order chi connectivity index (χ1) is 9.66. The van der Waals surface area contributed by atoms with Crippen LogP contribution < -0.4 is 5.73 Å². The Kier molecular flexibility index (Phi) is 3.34. The molecule has 2 aromatic heterocycles. The van der Waals surface area contributed by atoms with Gasteiger partial charge in [-0.3, -0.25) is 10.1 Å². The molecule has 0 saturated heterocycles. The number of H-pyrrole nitrogens is 1. The highest BCUT2D eigenvalue weighted by atomic mass is 35.5. The van der Waals surface area contributed by atoms with Crippen molar-refractivity contribution in [3.05, 3.63) is 52.8 Å². The van der Waals surface area contributed by atoms with E-state index in [-0.39, 0.29) is 0 Å². The lowest BCUT2D eigenvalue weighted by molar-refractivity contribution is 1.10. The minimum atomic E-state index is 0.405. The number of nitrogens with zero attached hydrogens (tertiary/aromatic N) is 2. The summed E-state index contributed by atoms with van der Waals surface area (Å²) < 4.78 is 0. The first-order valence-corrected chi connectivity index (χ1v) is 6.62. The van der Waals surface area contributed by atoms with Crippen LogP contribution in [-0.4, -0.2) is 15.2 Å². The largest absolute Gasteiger partial charge is 0.382 e. The Morgan fingerprint density at radius 1 is 1.05 bits per heavy atom. The van der Waals surface area contributed by atoms with Gasteiger partial charge in [0.15, 0.2) is 5.82 Å². The smallest absolute Gasteiger partial charge is 0.153 e. The summed E-state index contributed by atoms with van der Waals surface area (Å²) in [7, 11) is 0. The number of pyridine rings is 1. The van der Waals surface area contributed by atoms with Gasteiger partial charge in [0.1, 0.15) is 0 Å². The molecule has 0 amide bonds. The van der Waals surface area contributed by atoms with E-state index in [1.807, 2.05) is 18.2 Å². The fraction of sp³-hybridized carbons (Fsp3) is 0. The van der Waals surface area contributed by atoms with Crippen LogP contribution in [0, 0.1) is 0 Å². The summed E-state index contributed by atoms with van der Waals surface area (Å²) in [6.07, 6.45) is 3.45. The highest BCUT2D eigenvalue weighted by Crippen LogP contribution is 2.36. The quantitative estimate of drug-likeness (QED) is 0.751. The van der Waals surface area contributed by atoms with Crippen LogP contribution in [0.1, 0.15) is 0 Å². The molecule has 0 saturated carbocycles. The van der Waals surface area contributed by atoms with E-state index in [9.17, 15) is 0 Å². The number of halogens is 2. The maximum atomic E-state index is 6.07. The number of nitrogen functional groups attached to an aromatic ring is 1. The molecule has 20 heavy (non-hydrogen) atoms. The molecule has 0 bridgehead atoms. The second kappa shape index (κ2) is 5.15. The molecule has 3 aromatic rings. The van der Waals surface area contributed by atoms with Crippen LogP contribution in [0.15, 0.2) is 42.7 Å². The third-order valence-corrected chi connectivity index (χ3v) is 3.69. The predicted octanol–water partition coefficient (Wildman–Crippen LogP) is 4.03. The highest BCUT2D eigenvalue weighted by molar-refractivity contribution is 6.42. The van der Waals surface area contributed by atoms with E-state index in [4.69, 9.17) is 28.9 Å². The molecule has 0 aliphatic rings. The zero-order chi connectivity index (χ0) is 14.1. The van der Waals surface area contributed by atoms with Gasteiger partial charge < -0.3 is 5.73 Å². The lowest BCUT2D eigenvalue weighted by Gasteiger charge is -2.06. The summed E-state index contributed by atoms with van der Waals surface area (Å²) in [5.41, 5.74) is 9.30. The average Bonchev–Trinajstić information content (AvgIpc) is 2.85. The molecule has 0 unspecified atom stereocenters. The van der Waals surface area contributed by atoms with Crippen molar-refractivity contribution in [3.8, 4) is 22.4 Å². The fourth-order valence-electron chi connectivity index (χ4n) is 2.02. The van der Waals surface area contributed by atoms with Gasteiger partial charge in [0.25, 0.3) is 0 Å². The molecule has 6 heteroatoms. The minimum absolute atomic E-state index is 0.405. The summed E-state index contributed by atoms with van der Waals surface area (Å²) in [4.78, 5) is 4.10. The van der Waals surface area contributed by atoms with Crippen LogP contribution in [0.5, 0.6) is 0 Å². The van der Waals surface area contributed by atoms with Crippen molar-refractivity contribution >= 4 is 29.0 Å². The number of rotatable bonds is 2. The van der Waals surface area contributed by atoms with Gasteiger partial charge in [-0.05, 0) is 29.8 Å². The standard InChI is InChI=1S/C14H10Cl2N4/c15-10-4-3-8(6-11(10)16)12-13(19-20-14(12)17)9-2-1-5-18-7-9/h1-7H,(H3,17,19,20). The number of aromatic amines is 1. The Labute approximate surface area is 125 Å². The number of nitrogens with one attached hydrogen (secondary N) is 1. The SMILES string of the molecule is Nc1n[nH]c(-c2cccnc2)c1-c1ccc(Cl)c(Cl)c1. The van der Waals surface area contributed by atoms with E-state index < -0.39 is 0 Å². The molecule has 3 rings (SSSR count). The molecule has 0 aliphatic carbocycles. The third kappa shape index (κ3) is 2.24. The number of hydrogen-bond acceptors (Lipinski definition) is 3. The Hall–Kier alpha value is -2.04. The van der Waals surface area contributed by atoms with Crippen LogP contribution in [-0.2, 0) is 0 Å². The third-order valence-electron chi connectivity index (χ3n) is 2.95. The molecule has 0 spiro atoms. The van der Waals surface area contributed by atoms with E-state index >= 15 is 0 Å². The molecule has 0 atom stereocenters. The topological polar surface area (TPSA) is 67.6 Å². The van der Waals surface area contributed by atoms with Crippen molar-refractivity contribution in [2.75, 3.05) is 5.73 Å². The number of benzene rings is 1. The summed E-state index contributed by atoms with van der Waals surface area (Å²) in [5, 5.41) is 7.98. The summed E-state index contributed by atoms with van der Waals surface area (Å²) in [6, 6.07) is 9.14. The Balaban J connectivity index is 2.19. The number of nitrogens with two attached hydrogens (primary N) is 1. The van der Waals surface area contributed by atoms with Crippen molar-refractivity contribution in [2.24, 2.45) is 0 Å². The first-order valence-electron chi connectivity index (χ1n) is 5.86. The molecule has 100 valence electrons. The van der Waals surface area contributed by atoms with Gasteiger partial charge in [0, 0.05) is 18.0 Å². The van der Waals surface area contributed by atoms with Gasteiger partial charge in [0.2, 0.25) is 0 Å². The summed E-state index contributed by atoms with van der Waals surface area (Å²) in [5.74, 6) is 0.405. The molecule has 0 radical (unpaired) electrons. The second-order valence-corrected chi connectivity index (χ2v) is 5.04. The molecular formula is C14H10Cl2N4. The van der Waals surface area contributed by atoms with Gasteiger partial charge in [-0.2, -0.15) is 5.10 Å². The van der Waals surface area contributed by atoms with Crippen molar-refractivity contribution in [1.82, 2.24) is 15.2 Å². The van der Waals surface area contributed by atoms with Gasteiger partial charge in [-0.15, -0.1) is 0 Å². The van der Waals surface area contributed by atoms with Crippen molar-refractivity contribution in [1.29, 1.82) is 0 Å². The molecule has 2 heterocycles. The van der Waals surface area contributed by atoms with E-state index in [1.54, 1.807) is 24.5 Å². The molecule has 0 fully saturated rings. The van der Waals surface area contributed by atoms with E-state index in [0.29, 0.717) is 15.9 Å². The molecule has 1 aromatic carbocycles. The first kappa shape index (κ1) is 13.0. The zero-order valence-electron chi connectivity index (χ0n) is 10.3. The number of hydrogen-bond donors (Lipinski definition) is 2. The van der Waals surface area contributed by atoms with Crippen LogP contribution in [0.3, 0.4) is 0 Å². The lowest BCUT2D eigenvalue weighted by Crippen LogP contribution is -1.89. The van der Waals surface area contributed by atoms with Crippen molar-refractivity contribution < 1.29 is 0 Å². The van der Waals surface area contributed by atoms with Gasteiger partial charge in [0.05, 0.1) is 21.3 Å². The fourth-order valence-corrected chi connectivity index (χ4v) is 2.32.